The molecule has 0 atom stereocenters. The lowest BCUT2D eigenvalue weighted by Crippen LogP contribution is -2.48. The molecule has 0 spiro atoms. The van der Waals surface area contributed by atoms with Crippen LogP contribution in [0.2, 0.25) is 0 Å². The Bertz CT molecular complexity index is 1030. The Hall–Kier alpha value is -2.93. The van der Waals surface area contributed by atoms with Gasteiger partial charge in [-0.25, -0.2) is 4.98 Å². The highest BCUT2D eigenvalue weighted by Gasteiger charge is 2.24. The number of pyridine rings is 1. The topological polar surface area (TPSA) is 63.5 Å². The van der Waals surface area contributed by atoms with Crippen molar-refractivity contribution in [2.75, 3.05) is 33.3 Å². The molecule has 1 aromatic carbocycles. The smallest absolute Gasteiger partial charge is 0.255 e. The molecule has 1 fully saturated rings. The minimum atomic E-state index is 0.0595. The summed E-state index contributed by atoms with van der Waals surface area (Å²) < 4.78 is 6.99. The number of aromatic nitrogens is 3. The molecule has 1 amide bonds. The number of fused-ring (bicyclic) bond motifs is 1. The number of carbonyl (C=O) groups excluding carboxylic acids is 1. The third-order valence-electron chi connectivity index (χ3n) is 5.64. The fourth-order valence-electron chi connectivity index (χ4n) is 3.92. The number of piperazine rings is 1. The molecule has 1 aliphatic heterocycles. The van der Waals surface area contributed by atoms with Crippen LogP contribution >= 0.6 is 0 Å². The molecule has 2 aromatic heterocycles. The van der Waals surface area contributed by atoms with Gasteiger partial charge in [0.15, 0.2) is 5.65 Å². The summed E-state index contributed by atoms with van der Waals surface area (Å²) >= 11 is 0. The van der Waals surface area contributed by atoms with Crippen LogP contribution in [0, 0.1) is 13.8 Å². The molecule has 3 heterocycles. The predicted octanol–water partition coefficient (Wildman–Crippen LogP) is 2.55. The maximum Gasteiger partial charge on any atom is 0.255 e. The van der Waals surface area contributed by atoms with Crippen molar-refractivity contribution < 1.29 is 9.53 Å². The first-order chi connectivity index (χ1) is 14.0. The van der Waals surface area contributed by atoms with Crippen molar-refractivity contribution in [3.05, 3.63) is 52.8 Å². The van der Waals surface area contributed by atoms with Crippen molar-refractivity contribution in [2.45, 2.75) is 20.4 Å². The van der Waals surface area contributed by atoms with Crippen LogP contribution < -0.4 is 4.74 Å². The van der Waals surface area contributed by atoms with E-state index in [4.69, 9.17) is 4.74 Å². The lowest BCUT2D eigenvalue weighted by atomic mass is 10.1. The lowest BCUT2D eigenvalue weighted by molar-refractivity contribution is 0.0627. The van der Waals surface area contributed by atoms with E-state index in [9.17, 15) is 4.79 Å². The Morgan fingerprint density at radius 2 is 1.76 bits per heavy atom. The first-order valence-electron chi connectivity index (χ1n) is 9.92. The molecule has 7 nitrogen and oxygen atoms in total. The maximum atomic E-state index is 13.1. The van der Waals surface area contributed by atoms with Gasteiger partial charge in [0, 0.05) is 45.2 Å². The van der Waals surface area contributed by atoms with Crippen molar-refractivity contribution in [3.8, 4) is 5.75 Å². The van der Waals surface area contributed by atoms with E-state index in [1.54, 1.807) is 11.8 Å². The van der Waals surface area contributed by atoms with E-state index in [1.807, 2.05) is 44.0 Å². The van der Waals surface area contributed by atoms with Crippen molar-refractivity contribution in [1.29, 1.82) is 0 Å². The summed E-state index contributed by atoms with van der Waals surface area (Å²) in [6, 6.07) is 10.1. The predicted molar refractivity (Wildman–Crippen MR) is 112 cm³/mol. The highest BCUT2D eigenvalue weighted by Crippen LogP contribution is 2.21. The van der Waals surface area contributed by atoms with Crippen molar-refractivity contribution in [1.82, 2.24) is 24.6 Å². The fourth-order valence-corrected chi connectivity index (χ4v) is 3.92. The molecule has 0 aliphatic carbocycles. The van der Waals surface area contributed by atoms with Gasteiger partial charge in [0.25, 0.3) is 5.91 Å². The van der Waals surface area contributed by atoms with Crippen LogP contribution in [0.4, 0.5) is 0 Å². The number of hydrogen-bond donors (Lipinski definition) is 0. The zero-order chi connectivity index (χ0) is 20.5. The maximum absolute atomic E-state index is 13.1. The summed E-state index contributed by atoms with van der Waals surface area (Å²) in [7, 11) is 3.56. The average Bonchev–Trinajstić information content (AvgIpc) is 3.01. The second kappa shape index (κ2) is 7.83. The van der Waals surface area contributed by atoms with Crippen molar-refractivity contribution in [3.63, 3.8) is 0 Å². The van der Waals surface area contributed by atoms with Gasteiger partial charge in [0.05, 0.1) is 24.1 Å². The number of benzene rings is 1. The number of hydrogen-bond acceptors (Lipinski definition) is 5. The quantitative estimate of drug-likeness (QED) is 0.682. The molecule has 7 heteroatoms. The molecular weight excluding hydrogens is 366 g/mol. The Balaban J connectivity index is 1.43. The van der Waals surface area contributed by atoms with Crippen LogP contribution in [-0.2, 0) is 13.6 Å². The summed E-state index contributed by atoms with van der Waals surface area (Å²) in [5.41, 5.74) is 4.40. The Labute approximate surface area is 170 Å². The van der Waals surface area contributed by atoms with Crippen LogP contribution in [-0.4, -0.2) is 63.8 Å². The number of nitrogens with zero attached hydrogens (tertiary/aromatic N) is 5. The zero-order valence-electron chi connectivity index (χ0n) is 17.5. The van der Waals surface area contributed by atoms with E-state index in [2.05, 4.69) is 27.1 Å². The van der Waals surface area contributed by atoms with E-state index in [0.29, 0.717) is 5.56 Å². The molecule has 0 N–H and O–H groups in total. The Morgan fingerprint density at radius 3 is 2.41 bits per heavy atom. The van der Waals surface area contributed by atoms with Gasteiger partial charge < -0.3 is 9.64 Å². The molecule has 3 aromatic rings. The SMILES string of the molecule is COc1ccc(CN2CCN(C(=O)c3cc4c(C)nn(C)c4nc3C)CC2)cc1. The second-order valence-corrected chi connectivity index (χ2v) is 7.62. The van der Waals surface area contributed by atoms with Crippen LogP contribution in [0.3, 0.4) is 0 Å². The molecule has 0 saturated carbocycles. The average molecular weight is 393 g/mol. The number of rotatable bonds is 4. The zero-order valence-corrected chi connectivity index (χ0v) is 17.5. The van der Waals surface area contributed by atoms with Gasteiger partial charge in [-0.3, -0.25) is 14.4 Å². The van der Waals surface area contributed by atoms with Crippen LogP contribution in [0.1, 0.15) is 27.3 Å². The molecule has 0 unspecified atom stereocenters. The summed E-state index contributed by atoms with van der Waals surface area (Å²) in [6.07, 6.45) is 0. The van der Waals surface area contributed by atoms with Gasteiger partial charge in [0.1, 0.15) is 5.75 Å². The van der Waals surface area contributed by atoms with Gasteiger partial charge >= 0.3 is 0 Å². The van der Waals surface area contributed by atoms with Gasteiger partial charge in [-0.2, -0.15) is 5.10 Å². The molecule has 152 valence electrons. The third-order valence-corrected chi connectivity index (χ3v) is 5.64. The molecule has 29 heavy (non-hydrogen) atoms. The second-order valence-electron chi connectivity index (χ2n) is 7.62. The summed E-state index contributed by atoms with van der Waals surface area (Å²) in [6.45, 7) is 7.89. The molecule has 4 rings (SSSR count). The number of methoxy groups -OCH3 is 1. The van der Waals surface area contributed by atoms with Crippen LogP contribution in [0.5, 0.6) is 5.75 Å². The van der Waals surface area contributed by atoms with Gasteiger partial charge in [-0.1, -0.05) is 12.1 Å². The van der Waals surface area contributed by atoms with E-state index in [1.165, 1.54) is 5.56 Å². The number of ether oxygens (including phenoxy) is 1. The van der Waals surface area contributed by atoms with Crippen LogP contribution in [0.15, 0.2) is 30.3 Å². The molecular formula is C22H27N5O2. The molecule has 0 bridgehead atoms. The number of amides is 1. The van der Waals surface area contributed by atoms with Crippen molar-refractivity contribution >= 4 is 16.9 Å². The standard InChI is InChI=1S/C22H27N5O2/c1-15-20(13-19-16(2)24-25(3)21(19)23-15)22(28)27-11-9-26(10-12-27)14-17-5-7-18(29-4)8-6-17/h5-8,13H,9-12,14H2,1-4H3. The summed E-state index contributed by atoms with van der Waals surface area (Å²) in [5, 5.41) is 5.36. The first kappa shape index (κ1) is 19.4. The lowest BCUT2D eigenvalue weighted by Gasteiger charge is -2.35. The largest absolute Gasteiger partial charge is 0.497 e. The number of aryl methyl sites for hydroxylation is 3. The highest BCUT2D eigenvalue weighted by atomic mass is 16.5. The minimum absolute atomic E-state index is 0.0595. The Kier molecular flexibility index (Phi) is 5.24. The first-order valence-corrected chi connectivity index (χ1v) is 9.92. The van der Waals surface area contributed by atoms with Crippen LogP contribution in [0.25, 0.3) is 11.0 Å². The van der Waals surface area contributed by atoms with Gasteiger partial charge in [-0.15, -0.1) is 0 Å². The highest BCUT2D eigenvalue weighted by molar-refractivity contribution is 5.98. The molecule has 1 saturated heterocycles. The van der Waals surface area contributed by atoms with E-state index in [-0.39, 0.29) is 5.91 Å². The normalized spacial score (nSPS) is 15.1. The molecule has 0 radical (unpaired) electrons. The van der Waals surface area contributed by atoms with Crippen molar-refractivity contribution in [2.24, 2.45) is 7.05 Å². The van der Waals surface area contributed by atoms with Gasteiger partial charge in [0.2, 0.25) is 0 Å². The minimum Gasteiger partial charge on any atom is -0.497 e. The Morgan fingerprint density at radius 1 is 1.07 bits per heavy atom. The third kappa shape index (κ3) is 3.82. The monoisotopic (exact) mass is 393 g/mol. The van der Waals surface area contributed by atoms with Gasteiger partial charge in [-0.05, 0) is 37.6 Å². The van der Waals surface area contributed by atoms with E-state index in [0.717, 1.165) is 60.9 Å². The number of carbonyl (C=O) groups is 1. The van der Waals surface area contributed by atoms with E-state index >= 15 is 0 Å². The molecule has 1 aliphatic rings. The fraction of sp³-hybridized carbons (Fsp3) is 0.409. The van der Waals surface area contributed by atoms with E-state index < -0.39 is 0 Å². The summed E-state index contributed by atoms with van der Waals surface area (Å²) in [5.74, 6) is 0.929. The summed E-state index contributed by atoms with van der Waals surface area (Å²) in [4.78, 5) is 22.1.